The number of aliphatic hydroxyl groups is 3. The lowest BCUT2D eigenvalue weighted by molar-refractivity contribution is -0.150. The van der Waals surface area contributed by atoms with Crippen LogP contribution in [0.1, 0.15) is 76.5 Å². The smallest absolute Gasteiger partial charge is 0.328 e. The molecular formula is C46H67N13O16. The highest BCUT2D eigenvalue weighted by Gasteiger charge is 2.45. The van der Waals surface area contributed by atoms with Crippen LogP contribution in [-0.4, -0.2) is 197 Å². The lowest BCUT2D eigenvalue weighted by Gasteiger charge is -2.34. The summed E-state index contributed by atoms with van der Waals surface area (Å²) < 4.78 is 0. The third-order valence-electron chi connectivity index (χ3n) is 12.5. The van der Waals surface area contributed by atoms with Crippen LogP contribution >= 0.6 is 0 Å². The van der Waals surface area contributed by atoms with Crippen molar-refractivity contribution < 1.29 is 78.3 Å². The topological polar surface area (TPSA) is 474 Å². The largest absolute Gasteiger partial charge is 0.508 e. The van der Waals surface area contributed by atoms with E-state index in [9.17, 15) is 78.3 Å². The van der Waals surface area contributed by atoms with Gasteiger partial charge < -0.3 is 89.4 Å². The standard InChI is InChI=1S/C46H67N13O16/c1-22(61)36(45(73)59-16-4-6-33(59)44(72)58-15-3-5-32(58)43(71)57-37(23(2)62)46(74)75)56-42(70)31(20-60)55-40(68)29(17-24-7-9-26(63)10-8-24)53-41(69)30(18-25-19-50-21-51-25)54-39(67)28(12-14-35(49)65)52-38(66)27(47)11-13-34(48)64/h7-10,19,21-23,27-33,36-37,60-63H,3-6,11-18,20,47H2,1-2H3,(H2,48,64)(H2,49,65)(H,50,51)(H,52,66)(H,53,69)(H,54,67)(H,55,68)(H,56,70)(H,57,71)(H,74,75). The Morgan fingerprint density at radius 3 is 1.75 bits per heavy atom. The van der Waals surface area contributed by atoms with Gasteiger partial charge in [0.2, 0.25) is 59.1 Å². The number of carboxylic acid groups (broad SMARTS) is 1. The number of hydrogen-bond donors (Lipinski definition) is 15. The van der Waals surface area contributed by atoms with Crippen molar-refractivity contribution in [3.8, 4) is 5.75 Å². The summed E-state index contributed by atoms with van der Waals surface area (Å²) in [5.41, 5.74) is 17.0. The molecule has 2 fully saturated rings. The molecule has 29 nitrogen and oxygen atoms in total. The Balaban J connectivity index is 1.54. The summed E-state index contributed by atoms with van der Waals surface area (Å²) in [7, 11) is 0. The number of benzene rings is 1. The number of aliphatic hydroxyl groups excluding tert-OH is 3. The average molecular weight is 1060 g/mol. The predicted octanol–water partition coefficient (Wildman–Crippen LogP) is -6.51. The van der Waals surface area contributed by atoms with Crippen molar-refractivity contribution in [2.45, 2.75) is 145 Å². The molecule has 18 N–H and O–H groups in total. The number of phenolic OH excluding ortho intramolecular Hbond substituents is 1. The number of aromatic hydroxyl groups is 1. The van der Waals surface area contributed by atoms with Crippen LogP contribution in [0.2, 0.25) is 0 Å². The van der Waals surface area contributed by atoms with Crippen molar-refractivity contribution in [1.29, 1.82) is 0 Å². The molecular weight excluding hydrogens is 991 g/mol. The number of amides is 10. The van der Waals surface area contributed by atoms with E-state index in [0.717, 1.165) is 4.90 Å². The first kappa shape index (κ1) is 59.8. The zero-order valence-corrected chi connectivity index (χ0v) is 41.3. The SMILES string of the molecule is CC(O)C(NC(=O)C1CCCN1C(=O)C1CCCN1C(=O)C(NC(=O)C(CO)NC(=O)C(Cc1ccc(O)cc1)NC(=O)C(Cc1cnc[nH]1)NC(=O)C(CCC(N)=O)NC(=O)C(N)CCC(N)=O)C(C)O)C(=O)O. The predicted molar refractivity (Wildman–Crippen MR) is 258 cm³/mol. The normalized spacial score (nSPS) is 18.9. The summed E-state index contributed by atoms with van der Waals surface area (Å²) in [6, 6.07) is -8.16. The number of likely N-dealkylation sites (tertiary alicyclic amines) is 2. The van der Waals surface area contributed by atoms with Crippen LogP contribution in [0, 0.1) is 0 Å². The van der Waals surface area contributed by atoms with Crippen LogP contribution in [0.3, 0.4) is 0 Å². The van der Waals surface area contributed by atoms with Crippen LogP contribution in [0.5, 0.6) is 5.75 Å². The van der Waals surface area contributed by atoms with E-state index in [1.165, 1.54) is 55.5 Å². The third-order valence-corrected chi connectivity index (χ3v) is 12.5. The summed E-state index contributed by atoms with van der Waals surface area (Å²) in [5.74, 6) is -10.8. The lowest BCUT2D eigenvalue weighted by Crippen LogP contribution is -2.62. The van der Waals surface area contributed by atoms with Crippen LogP contribution in [0.25, 0.3) is 0 Å². The molecule has 412 valence electrons. The van der Waals surface area contributed by atoms with Gasteiger partial charge in [-0.1, -0.05) is 12.1 Å². The number of carbonyl (C=O) groups is 11. The van der Waals surface area contributed by atoms with Crippen molar-refractivity contribution in [1.82, 2.24) is 51.7 Å². The van der Waals surface area contributed by atoms with Gasteiger partial charge in [-0.2, -0.15) is 0 Å². The minimum absolute atomic E-state index is 0.0159. The van der Waals surface area contributed by atoms with Crippen molar-refractivity contribution >= 4 is 65.0 Å². The molecule has 10 amide bonds. The zero-order chi connectivity index (χ0) is 55.7. The number of rotatable bonds is 28. The maximum atomic E-state index is 14.3. The molecule has 75 heavy (non-hydrogen) atoms. The summed E-state index contributed by atoms with van der Waals surface area (Å²) in [6.45, 7) is 1.32. The fraction of sp³-hybridized carbons (Fsp3) is 0.565. The summed E-state index contributed by atoms with van der Waals surface area (Å²) >= 11 is 0. The Bertz CT molecular complexity index is 2370. The van der Waals surface area contributed by atoms with Gasteiger partial charge in [-0.25, -0.2) is 9.78 Å². The molecule has 2 saturated heterocycles. The van der Waals surface area contributed by atoms with E-state index in [1.54, 1.807) is 0 Å². The number of primary amides is 2. The average Bonchev–Trinajstić information content (AvgIpc) is 4.17. The van der Waals surface area contributed by atoms with E-state index in [-0.39, 0.29) is 63.8 Å². The fourth-order valence-electron chi connectivity index (χ4n) is 8.42. The van der Waals surface area contributed by atoms with Gasteiger partial charge >= 0.3 is 5.97 Å². The quantitative estimate of drug-likeness (QED) is 0.0377. The second-order valence-electron chi connectivity index (χ2n) is 18.4. The van der Waals surface area contributed by atoms with Gasteiger partial charge in [-0.3, -0.25) is 47.9 Å². The van der Waals surface area contributed by atoms with Crippen LogP contribution in [0.4, 0.5) is 0 Å². The molecule has 0 bridgehead atoms. The van der Waals surface area contributed by atoms with Gasteiger partial charge in [0.05, 0.1) is 31.2 Å². The van der Waals surface area contributed by atoms with Gasteiger partial charge in [0.25, 0.3) is 0 Å². The number of aliphatic carboxylic acids is 1. The molecule has 0 spiro atoms. The number of carboxylic acids is 1. The van der Waals surface area contributed by atoms with E-state index in [2.05, 4.69) is 41.9 Å². The molecule has 0 saturated carbocycles. The first-order chi connectivity index (χ1) is 35.4. The lowest BCUT2D eigenvalue weighted by atomic mass is 10.0. The number of carbonyl (C=O) groups excluding carboxylic acids is 10. The first-order valence-electron chi connectivity index (χ1n) is 24.1. The molecule has 29 heteroatoms. The molecule has 1 aromatic heterocycles. The number of hydrogen-bond acceptors (Lipinski definition) is 17. The molecule has 1 aromatic carbocycles. The Kier molecular flexibility index (Phi) is 22.4. The number of phenols is 1. The van der Waals surface area contributed by atoms with Crippen molar-refractivity contribution in [2.75, 3.05) is 19.7 Å². The molecule has 2 aliphatic rings. The number of H-pyrrole nitrogens is 1. The number of nitrogens with one attached hydrogen (secondary N) is 7. The molecule has 4 rings (SSSR count). The highest BCUT2D eigenvalue weighted by Crippen LogP contribution is 2.26. The fourth-order valence-corrected chi connectivity index (χ4v) is 8.42. The monoisotopic (exact) mass is 1060 g/mol. The Hall–Kier alpha value is -7.76. The number of imidazole rings is 1. The van der Waals surface area contributed by atoms with E-state index < -0.39 is 145 Å². The third kappa shape index (κ3) is 17.4. The highest BCUT2D eigenvalue weighted by molar-refractivity contribution is 5.99. The maximum Gasteiger partial charge on any atom is 0.328 e. The van der Waals surface area contributed by atoms with Gasteiger partial charge in [0, 0.05) is 50.7 Å². The zero-order valence-electron chi connectivity index (χ0n) is 41.3. The van der Waals surface area contributed by atoms with Gasteiger partial charge in [-0.15, -0.1) is 0 Å². The van der Waals surface area contributed by atoms with E-state index in [1.807, 2.05) is 0 Å². The molecule has 11 unspecified atom stereocenters. The van der Waals surface area contributed by atoms with E-state index >= 15 is 0 Å². The van der Waals surface area contributed by atoms with Crippen LogP contribution in [-0.2, 0) is 65.6 Å². The molecule has 0 aliphatic carbocycles. The highest BCUT2D eigenvalue weighted by atomic mass is 16.4. The number of nitrogens with two attached hydrogens (primary N) is 3. The molecule has 2 aromatic rings. The van der Waals surface area contributed by atoms with Crippen LogP contribution in [0.15, 0.2) is 36.8 Å². The molecule has 0 radical (unpaired) electrons. The minimum Gasteiger partial charge on any atom is -0.508 e. The molecule has 2 aliphatic heterocycles. The number of aromatic amines is 1. The van der Waals surface area contributed by atoms with Gasteiger partial charge in [0.1, 0.15) is 48.0 Å². The van der Waals surface area contributed by atoms with Gasteiger partial charge in [0.15, 0.2) is 6.04 Å². The Labute approximate surface area is 429 Å². The van der Waals surface area contributed by atoms with Crippen molar-refractivity contribution in [3.05, 3.63) is 48.0 Å². The first-order valence-corrected chi connectivity index (χ1v) is 24.1. The van der Waals surface area contributed by atoms with Crippen molar-refractivity contribution in [3.63, 3.8) is 0 Å². The van der Waals surface area contributed by atoms with Gasteiger partial charge in [-0.05, 0) is 70.1 Å². The number of aromatic nitrogens is 2. The molecule has 11 atom stereocenters. The molecule has 3 heterocycles. The number of nitrogens with zero attached hydrogens (tertiary/aromatic N) is 3. The Morgan fingerprint density at radius 2 is 1.20 bits per heavy atom. The van der Waals surface area contributed by atoms with Crippen LogP contribution < -0.4 is 49.1 Å². The van der Waals surface area contributed by atoms with E-state index in [0.29, 0.717) is 24.1 Å². The summed E-state index contributed by atoms with van der Waals surface area (Å²) in [4.78, 5) is 154. The maximum absolute atomic E-state index is 14.3. The second kappa shape index (κ2) is 28.1. The summed E-state index contributed by atoms with van der Waals surface area (Å²) in [5, 5.41) is 64.9. The Morgan fingerprint density at radius 1 is 0.680 bits per heavy atom. The summed E-state index contributed by atoms with van der Waals surface area (Å²) in [6.07, 6.45) is -1.37. The minimum atomic E-state index is -1.86. The van der Waals surface area contributed by atoms with E-state index in [4.69, 9.17) is 17.2 Å². The second-order valence-corrected chi connectivity index (χ2v) is 18.4. The van der Waals surface area contributed by atoms with Crippen molar-refractivity contribution in [2.24, 2.45) is 17.2 Å².